The van der Waals surface area contributed by atoms with Crippen LogP contribution in [0.3, 0.4) is 0 Å². The van der Waals surface area contributed by atoms with Crippen molar-refractivity contribution < 1.29 is 14.1 Å². The van der Waals surface area contributed by atoms with Crippen molar-refractivity contribution in [2.75, 3.05) is 32.1 Å². The Morgan fingerprint density at radius 3 is 2.69 bits per heavy atom. The molecule has 1 N–H and O–H groups in total. The zero-order valence-electron chi connectivity index (χ0n) is 20.2. The van der Waals surface area contributed by atoms with E-state index in [2.05, 4.69) is 44.7 Å². The summed E-state index contributed by atoms with van der Waals surface area (Å²) in [5.41, 5.74) is 2.87. The van der Waals surface area contributed by atoms with Crippen LogP contribution in [-0.2, 0) is 10.2 Å². The van der Waals surface area contributed by atoms with Crippen LogP contribution in [0.25, 0.3) is 10.2 Å². The number of ether oxygens (including phenoxy) is 1. The van der Waals surface area contributed by atoms with Crippen LogP contribution in [0.15, 0.2) is 53.5 Å². The average Bonchev–Trinajstić information content (AvgIpc) is 3.56. The number of nitrogens with one attached hydrogen (secondary N) is 1. The van der Waals surface area contributed by atoms with Crippen LogP contribution in [0.4, 0.5) is 5.82 Å². The molecule has 1 aliphatic heterocycles. The fourth-order valence-electron chi connectivity index (χ4n) is 4.76. The number of aryl methyl sites for hydroxylation is 1. The van der Waals surface area contributed by atoms with Gasteiger partial charge in [0.15, 0.2) is 0 Å². The minimum atomic E-state index is -0.214. The van der Waals surface area contributed by atoms with Gasteiger partial charge in [-0.2, -0.15) is 0 Å². The number of nitrogens with zero attached hydrogens (tertiary/aromatic N) is 4. The number of rotatable bonds is 7. The Morgan fingerprint density at radius 2 is 1.97 bits per heavy atom. The number of amides is 1. The highest BCUT2D eigenvalue weighted by Gasteiger charge is 2.35. The lowest BCUT2D eigenvalue weighted by Crippen LogP contribution is -2.40. The number of aromatic nitrogens is 3. The van der Waals surface area contributed by atoms with E-state index in [0.29, 0.717) is 10.6 Å². The maximum absolute atomic E-state index is 13.4. The fourth-order valence-corrected chi connectivity index (χ4v) is 5.89. The van der Waals surface area contributed by atoms with Gasteiger partial charge in [0, 0.05) is 38.3 Å². The Morgan fingerprint density at radius 1 is 1.20 bits per heavy atom. The van der Waals surface area contributed by atoms with E-state index in [1.54, 1.807) is 24.3 Å². The maximum atomic E-state index is 13.4. The number of hydrogen-bond acceptors (Lipinski definition) is 8. The van der Waals surface area contributed by atoms with Crippen molar-refractivity contribution in [3.8, 4) is 0 Å². The maximum Gasteiger partial charge on any atom is 0.264 e. The average molecular weight is 492 g/mol. The number of hydrogen-bond donors (Lipinski definition) is 1. The summed E-state index contributed by atoms with van der Waals surface area (Å²) in [5, 5.41) is 8.50. The Hall–Kier alpha value is -3.30. The van der Waals surface area contributed by atoms with Crippen molar-refractivity contribution in [1.82, 2.24) is 20.0 Å². The van der Waals surface area contributed by atoms with Crippen LogP contribution >= 0.6 is 11.3 Å². The largest absolute Gasteiger partial charge is 0.381 e. The van der Waals surface area contributed by atoms with Crippen molar-refractivity contribution in [2.24, 2.45) is 0 Å². The molecule has 3 aromatic heterocycles. The summed E-state index contributed by atoms with van der Waals surface area (Å²) >= 11 is 1.40. The fraction of sp³-hybridized carbons (Fsp3) is 0.385. The van der Waals surface area contributed by atoms with E-state index < -0.39 is 0 Å². The Labute approximate surface area is 208 Å². The van der Waals surface area contributed by atoms with Crippen LogP contribution < -0.4 is 5.32 Å². The molecule has 9 heteroatoms. The highest BCUT2D eigenvalue weighted by Crippen LogP contribution is 2.38. The highest BCUT2D eigenvalue weighted by atomic mass is 32.1. The monoisotopic (exact) mass is 491 g/mol. The first-order chi connectivity index (χ1) is 17.0. The summed E-state index contributed by atoms with van der Waals surface area (Å²) in [5.74, 6) is 0.689. The lowest BCUT2D eigenvalue weighted by atomic mass is 9.74. The van der Waals surface area contributed by atoms with Gasteiger partial charge in [-0.1, -0.05) is 35.5 Å². The quantitative estimate of drug-likeness (QED) is 0.390. The van der Waals surface area contributed by atoms with E-state index in [4.69, 9.17) is 9.26 Å². The number of carbonyl (C=O) groups is 1. The summed E-state index contributed by atoms with van der Waals surface area (Å²) in [7, 11) is 1.78. The molecule has 4 aromatic rings. The summed E-state index contributed by atoms with van der Waals surface area (Å²) in [6, 6.07) is 12.2. The van der Waals surface area contributed by atoms with Crippen molar-refractivity contribution in [3.63, 3.8) is 0 Å². The first-order valence-electron chi connectivity index (χ1n) is 11.8. The zero-order chi connectivity index (χ0) is 24.4. The van der Waals surface area contributed by atoms with E-state index in [9.17, 15) is 4.79 Å². The second kappa shape index (κ2) is 9.75. The topological polar surface area (TPSA) is 93.4 Å². The van der Waals surface area contributed by atoms with Crippen molar-refractivity contribution in [3.05, 3.63) is 70.7 Å². The predicted octanol–water partition coefficient (Wildman–Crippen LogP) is 4.98. The molecule has 0 aliphatic carbocycles. The Balaban J connectivity index is 1.43. The lowest BCUT2D eigenvalue weighted by Gasteiger charge is -2.38. The molecule has 0 unspecified atom stereocenters. The number of benzene rings is 1. The van der Waals surface area contributed by atoms with Gasteiger partial charge in [-0.3, -0.25) is 4.79 Å². The molecule has 0 radical (unpaired) electrons. The second-order valence-corrected chi connectivity index (χ2v) is 10.1. The molecule has 5 rings (SSSR count). The number of anilines is 1. The molecule has 1 aromatic carbocycles. The standard InChI is InChI=1S/C26H29N5O3S/c1-17-21-23(27-15-26(10-13-33-14-11-26)19-7-5-4-6-8-19)28-16-29-24(21)35-22(17)25(32)31(3)18(2)20-9-12-34-30-20/h4-9,12,16,18H,10-11,13-15H2,1-3H3,(H,27,28,29)/t18-/m0/s1. The number of fused-ring (bicyclic) bond motifs is 1. The molecule has 35 heavy (non-hydrogen) atoms. The third kappa shape index (κ3) is 4.41. The van der Waals surface area contributed by atoms with Gasteiger partial charge in [0.2, 0.25) is 0 Å². The van der Waals surface area contributed by atoms with Gasteiger partial charge in [-0.15, -0.1) is 11.3 Å². The SMILES string of the molecule is Cc1c(C(=O)N(C)[C@@H](C)c2ccon2)sc2ncnc(NCC3(c4ccccc4)CCOCC3)c12. The van der Waals surface area contributed by atoms with Crippen LogP contribution in [0, 0.1) is 6.92 Å². The molecular formula is C26H29N5O3S. The molecule has 0 bridgehead atoms. The van der Waals surface area contributed by atoms with Gasteiger partial charge < -0.3 is 19.5 Å². The Kier molecular flexibility index (Phi) is 6.53. The van der Waals surface area contributed by atoms with Gasteiger partial charge in [-0.25, -0.2) is 9.97 Å². The summed E-state index contributed by atoms with van der Waals surface area (Å²) < 4.78 is 10.6. The minimum Gasteiger partial charge on any atom is -0.381 e. The van der Waals surface area contributed by atoms with Crippen molar-refractivity contribution in [2.45, 2.75) is 38.1 Å². The van der Waals surface area contributed by atoms with Crippen LogP contribution in [0.2, 0.25) is 0 Å². The molecular weight excluding hydrogens is 462 g/mol. The van der Waals surface area contributed by atoms with Gasteiger partial charge in [0.25, 0.3) is 5.91 Å². The smallest absolute Gasteiger partial charge is 0.264 e. The third-order valence-corrected chi connectivity index (χ3v) is 8.33. The molecule has 182 valence electrons. The minimum absolute atomic E-state index is 0.0351. The van der Waals surface area contributed by atoms with Crippen molar-refractivity contribution in [1.29, 1.82) is 0 Å². The van der Waals surface area contributed by atoms with E-state index >= 15 is 0 Å². The zero-order valence-corrected chi connectivity index (χ0v) is 21.0. The van der Waals surface area contributed by atoms with Crippen LogP contribution in [-0.4, -0.2) is 52.7 Å². The molecule has 4 heterocycles. The van der Waals surface area contributed by atoms with E-state index in [0.717, 1.165) is 54.2 Å². The van der Waals surface area contributed by atoms with Gasteiger partial charge in [-0.05, 0) is 37.8 Å². The predicted molar refractivity (Wildman–Crippen MR) is 136 cm³/mol. The molecule has 1 fully saturated rings. The van der Waals surface area contributed by atoms with Crippen LogP contribution in [0.5, 0.6) is 0 Å². The first kappa shape index (κ1) is 23.4. The Bertz CT molecular complexity index is 1300. The van der Waals surface area contributed by atoms with Gasteiger partial charge in [0.1, 0.15) is 28.9 Å². The summed E-state index contributed by atoms with van der Waals surface area (Å²) in [6.07, 6.45) is 4.96. The number of thiophene rings is 1. The van der Waals surface area contributed by atoms with E-state index in [-0.39, 0.29) is 17.4 Å². The molecule has 1 atom stereocenters. The molecule has 0 saturated carbocycles. The van der Waals surface area contributed by atoms with Crippen molar-refractivity contribution >= 4 is 33.3 Å². The summed E-state index contributed by atoms with van der Waals surface area (Å²) in [4.78, 5) is 25.6. The summed E-state index contributed by atoms with van der Waals surface area (Å²) in [6.45, 7) is 6.11. The van der Waals surface area contributed by atoms with Gasteiger partial charge >= 0.3 is 0 Å². The lowest BCUT2D eigenvalue weighted by molar-refractivity contribution is 0.0543. The van der Waals surface area contributed by atoms with E-state index in [1.807, 2.05) is 19.9 Å². The second-order valence-electron chi connectivity index (χ2n) is 9.09. The van der Waals surface area contributed by atoms with E-state index in [1.165, 1.54) is 23.2 Å². The third-order valence-electron chi connectivity index (χ3n) is 7.14. The first-order valence-corrected chi connectivity index (χ1v) is 12.6. The normalized spacial score (nSPS) is 16.2. The van der Waals surface area contributed by atoms with Gasteiger partial charge in [0.05, 0.1) is 16.3 Å². The molecule has 0 spiro atoms. The molecule has 1 amide bonds. The molecule has 1 aliphatic rings. The highest BCUT2D eigenvalue weighted by molar-refractivity contribution is 7.20. The molecule has 1 saturated heterocycles. The molecule has 8 nitrogen and oxygen atoms in total. The van der Waals surface area contributed by atoms with Crippen LogP contribution in [0.1, 0.15) is 52.3 Å². The number of carbonyl (C=O) groups excluding carboxylic acids is 1.